The topological polar surface area (TPSA) is 62.4 Å². The highest BCUT2D eigenvalue weighted by Crippen LogP contribution is 2.21. The van der Waals surface area contributed by atoms with E-state index in [-0.39, 0.29) is 6.61 Å². The van der Waals surface area contributed by atoms with Gasteiger partial charge in [0.1, 0.15) is 0 Å². The third-order valence-electron chi connectivity index (χ3n) is 4.07. The highest BCUT2D eigenvalue weighted by atomic mass is 16.5. The zero-order valence-electron chi connectivity index (χ0n) is 12.3. The molecule has 1 N–H and O–H groups in total. The Morgan fingerprint density at radius 3 is 3.05 bits per heavy atom. The maximum absolute atomic E-state index is 9.28. The maximum Gasteiger partial charge on any atom is 0.241 e. The van der Waals surface area contributed by atoms with Gasteiger partial charge in [-0.25, -0.2) is 0 Å². The van der Waals surface area contributed by atoms with E-state index in [1.807, 2.05) is 31.2 Å². The molecule has 1 aromatic heterocycles. The zero-order chi connectivity index (χ0) is 14.7. The predicted molar refractivity (Wildman–Crippen MR) is 79.6 cm³/mol. The van der Waals surface area contributed by atoms with E-state index in [1.54, 1.807) is 0 Å². The van der Waals surface area contributed by atoms with Crippen LogP contribution in [-0.4, -0.2) is 39.8 Å². The standard InChI is InChI=1S/C16H21N3O2/c1-12-5-2-3-7-14(12)16-17-15(21-18-16)10-19-8-4-6-13(9-19)11-20/h2-3,5,7,13,20H,4,6,8-11H2,1H3. The van der Waals surface area contributed by atoms with Crippen molar-refractivity contribution in [3.63, 3.8) is 0 Å². The second-order valence-corrected chi connectivity index (χ2v) is 5.75. The van der Waals surface area contributed by atoms with Gasteiger partial charge < -0.3 is 9.63 Å². The van der Waals surface area contributed by atoms with Crippen molar-refractivity contribution >= 4 is 0 Å². The van der Waals surface area contributed by atoms with Crippen LogP contribution in [0.1, 0.15) is 24.3 Å². The molecule has 1 aliphatic heterocycles. The number of hydrogen-bond acceptors (Lipinski definition) is 5. The Labute approximate surface area is 124 Å². The third-order valence-corrected chi connectivity index (χ3v) is 4.07. The molecule has 1 aliphatic rings. The molecule has 2 heterocycles. The van der Waals surface area contributed by atoms with Gasteiger partial charge in [-0.1, -0.05) is 29.4 Å². The molecule has 112 valence electrons. The molecule has 0 amide bonds. The van der Waals surface area contributed by atoms with E-state index >= 15 is 0 Å². The van der Waals surface area contributed by atoms with E-state index in [1.165, 1.54) is 0 Å². The van der Waals surface area contributed by atoms with Crippen LogP contribution in [0.15, 0.2) is 28.8 Å². The first-order valence-electron chi connectivity index (χ1n) is 7.48. The summed E-state index contributed by atoms with van der Waals surface area (Å²) in [7, 11) is 0. The zero-order valence-corrected chi connectivity index (χ0v) is 12.3. The van der Waals surface area contributed by atoms with Gasteiger partial charge in [-0.2, -0.15) is 4.98 Å². The molecule has 0 bridgehead atoms. The van der Waals surface area contributed by atoms with Crippen LogP contribution in [0.2, 0.25) is 0 Å². The normalized spacial score (nSPS) is 19.8. The van der Waals surface area contributed by atoms with Gasteiger partial charge in [-0.3, -0.25) is 4.90 Å². The summed E-state index contributed by atoms with van der Waals surface area (Å²) < 4.78 is 5.38. The fourth-order valence-electron chi connectivity index (χ4n) is 2.89. The Kier molecular flexibility index (Phi) is 4.31. The predicted octanol–water partition coefficient (Wildman–Crippen LogP) is 2.25. The molecule has 21 heavy (non-hydrogen) atoms. The van der Waals surface area contributed by atoms with Crippen molar-refractivity contribution in [2.45, 2.75) is 26.3 Å². The average Bonchev–Trinajstić information content (AvgIpc) is 2.96. The van der Waals surface area contributed by atoms with Crippen LogP contribution in [-0.2, 0) is 6.54 Å². The van der Waals surface area contributed by atoms with Crippen LogP contribution in [0.25, 0.3) is 11.4 Å². The van der Waals surface area contributed by atoms with Crippen molar-refractivity contribution in [3.8, 4) is 11.4 Å². The molecule has 5 nitrogen and oxygen atoms in total. The number of rotatable bonds is 4. The first-order valence-corrected chi connectivity index (χ1v) is 7.48. The smallest absolute Gasteiger partial charge is 0.241 e. The highest BCUT2D eigenvalue weighted by molar-refractivity contribution is 5.58. The van der Waals surface area contributed by atoms with Crippen molar-refractivity contribution in [2.24, 2.45) is 5.92 Å². The Morgan fingerprint density at radius 2 is 2.24 bits per heavy atom. The molecule has 1 aromatic carbocycles. The Bertz CT molecular complexity index is 597. The van der Waals surface area contributed by atoms with Crippen molar-refractivity contribution in [1.82, 2.24) is 15.0 Å². The third kappa shape index (κ3) is 3.31. The Hall–Kier alpha value is -1.72. The average molecular weight is 287 g/mol. The minimum Gasteiger partial charge on any atom is -0.396 e. The summed E-state index contributed by atoms with van der Waals surface area (Å²) in [5.41, 5.74) is 2.16. The first kappa shape index (κ1) is 14.2. The lowest BCUT2D eigenvalue weighted by molar-refractivity contribution is 0.107. The number of piperidine rings is 1. The largest absolute Gasteiger partial charge is 0.396 e. The number of aliphatic hydroxyl groups excluding tert-OH is 1. The number of hydrogen-bond donors (Lipinski definition) is 1. The first-order chi connectivity index (χ1) is 10.3. The van der Waals surface area contributed by atoms with E-state index in [2.05, 4.69) is 15.0 Å². The molecule has 1 unspecified atom stereocenters. The lowest BCUT2D eigenvalue weighted by atomic mass is 9.99. The maximum atomic E-state index is 9.28. The number of benzene rings is 1. The van der Waals surface area contributed by atoms with Crippen molar-refractivity contribution in [3.05, 3.63) is 35.7 Å². The molecule has 0 saturated carbocycles. The number of aromatic nitrogens is 2. The number of likely N-dealkylation sites (tertiary alicyclic amines) is 1. The Morgan fingerprint density at radius 1 is 1.38 bits per heavy atom. The summed E-state index contributed by atoms with van der Waals surface area (Å²) in [4.78, 5) is 6.78. The molecule has 5 heteroatoms. The van der Waals surface area contributed by atoms with Gasteiger partial charge in [0.05, 0.1) is 6.54 Å². The Balaban J connectivity index is 1.69. The van der Waals surface area contributed by atoms with Gasteiger partial charge in [0.25, 0.3) is 0 Å². The molecule has 0 aliphatic carbocycles. The second-order valence-electron chi connectivity index (χ2n) is 5.75. The van der Waals surface area contributed by atoms with Gasteiger partial charge in [0.15, 0.2) is 0 Å². The van der Waals surface area contributed by atoms with Gasteiger partial charge in [0, 0.05) is 18.7 Å². The van der Waals surface area contributed by atoms with Crippen molar-refractivity contribution in [2.75, 3.05) is 19.7 Å². The second kappa shape index (κ2) is 6.37. The van der Waals surface area contributed by atoms with Crippen molar-refractivity contribution < 1.29 is 9.63 Å². The molecule has 1 fully saturated rings. The van der Waals surface area contributed by atoms with Crippen LogP contribution < -0.4 is 0 Å². The van der Waals surface area contributed by atoms with E-state index in [4.69, 9.17) is 4.52 Å². The quantitative estimate of drug-likeness (QED) is 0.934. The molecule has 2 aromatic rings. The molecule has 3 rings (SSSR count). The highest BCUT2D eigenvalue weighted by Gasteiger charge is 2.21. The summed E-state index contributed by atoms with van der Waals surface area (Å²) in [6.45, 7) is 4.89. The molecule has 0 radical (unpaired) electrons. The number of aryl methyl sites for hydroxylation is 1. The van der Waals surface area contributed by atoms with Crippen molar-refractivity contribution in [1.29, 1.82) is 0 Å². The minimum absolute atomic E-state index is 0.259. The van der Waals surface area contributed by atoms with Crippen LogP contribution in [0, 0.1) is 12.8 Å². The molecule has 1 saturated heterocycles. The van der Waals surface area contributed by atoms with E-state index in [0.717, 1.165) is 37.1 Å². The number of nitrogens with zero attached hydrogens (tertiary/aromatic N) is 3. The van der Waals surface area contributed by atoms with Crippen LogP contribution in [0.5, 0.6) is 0 Å². The van der Waals surface area contributed by atoms with Gasteiger partial charge >= 0.3 is 0 Å². The molecular formula is C16H21N3O2. The fourth-order valence-corrected chi connectivity index (χ4v) is 2.89. The van der Waals surface area contributed by atoms with Crippen LogP contribution in [0.4, 0.5) is 0 Å². The number of aliphatic hydroxyl groups is 1. The molecule has 0 spiro atoms. The summed E-state index contributed by atoms with van der Waals surface area (Å²) >= 11 is 0. The van der Waals surface area contributed by atoms with Gasteiger partial charge in [-0.05, 0) is 37.8 Å². The van der Waals surface area contributed by atoms with Gasteiger partial charge in [-0.15, -0.1) is 0 Å². The van der Waals surface area contributed by atoms with Gasteiger partial charge in [0.2, 0.25) is 11.7 Å². The van der Waals surface area contributed by atoms with Crippen LogP contribution in [0.3, 0.4) is 0 Å². The molecular weight excluding hydrogens is 266 g/mol. The minimum atomic E-state index is 0.259. The van der Waals surface area contributed by atoms with E-state index in [9.17, 15) is 5.11 Å². The summed E-state index contributed by atoms with van der Waals surface area (Å²) in [5, 5.41) is 13.4. The summed E-state index contributed by atoms with van der Waals surface area (Å²) in [6, 6.07) is 8.03. The van der Waals surface area contributed by atoms with E-state index < -0.39 is 0 Å². The SMILES string of the molecule is Cc1ccccc1-c1noc(CN2CCCC(CO)C2)n1. The lowest BCUT2D eigenvalue weighted by Crippen LogP contribution is -2.36. The summed E-state index contributed by atoms with van der Waals surface area (Å²) in [6.07, 6.45) is 2.22. The molecule has 1 atom stereocenters. The monoisotopic (exact) mass is 287 g/mol. The fraction of sp³-hybridized carbons (Fsp3) is 0.500. The van der Waals surface area contributed by atoms with E-state index in [0.29, 0.717) is 24.2 Å². The van der Waals surface area contributed by atoms with Crippen LogP contribution >= 0.6 is 0 Å². The lowest BCUT2D eigenvalue weighted by Gasteiger charge is -2.30. The summed E-state index contributed by atoms with van der Waals surface area (Å²) in [5.74, 6) is 1.67.